The number of amides is 1. The Morgan fingerprint density at radius 3 is 2.74 bits per heavy atom. The Hall–Kier alpha value is -1.43. The third kappa shape index (κ3) is 4.77. The third-order valence-corrected chi connectivity index (χ3v) is 4.04. The topological polar surface area (TPSA) is 66.9 Å². The van der Waals surface area contributed by atoms with Crippen LogP contribution in [0.1, 0.15) is 30.3 Å². The van der Waals surface area contributed by atoms with Crippen LogP contribution in [-0.2, 0) is 0 Å². The van der Waals surface area contributed by atoms with Gasteiger partial charge in [0.05, 0.1) is 17.2 Å². The Morgan fingerprint density at radius 1 is 1.30 bits per heavy atom. The number of nitrogens with zero attached hydrogens (tertiary/aromatic N) is 2. The summed E-state index contributed by atoms with van der Waals surface area (Å²) in [4.78, 5) is 20.9. The average Bonchev–Trinajstić information content (AvgIpc) is 2.53. The van der Waals surface area contributed by atoms with E-state index in [1.165, 1.54) is 0 Å². The molecule has 1 unspecified atom stereocenters. The van der Waals surface area contributed by atoms with Gasteiger partial charge in [0, 0.05) is 13.1 Å². The van der Waals surface area contributed by atoms with E-state index in [0.29, 0.717) is 12.2 Å². The SMILES string of the molecule is CC1(CNC(=O)c2cnc3ccccc3n2)CCCNC1.Cl.Cl. The lowest BCUT2D eigenvalue weighted by Crippen LogP contribution is -2.45. The highest BCUT2D eigenvalue weighted by molar-refractivity contribution is 5.93. The lowest BCUT2D eigenvalue weighted by molar-refractivity contribution is 0.0919. The molecule has 0 spiro atoms. The number of fused-ring (bicyclic) bond motifs is 1. The number of benzene rings is 1. The van der Waals surface area contributed by atoms with Crippen LogP contribution in [0.5, 0.6) is 0 Å². The number of carbonyl (C=O) groups is 1. The summed E-state index contributed by atoms with van der Waals surface area (Å²) < 4.78 is 0. The molecule has 1 aromatic heterocycles. The number of halogens is 2. The van der Waals surface area contributed by atoms with Crippen molar-refractivity contribution in [3.63, 3.8) is 0 Å². The van der Waals surface area contributed by atoms with Crippen molar-refractivity contribution in [2.45, 2.75) is 19.8 Å². The number of nitrogens with one attached hydrogen (secondary N) is 2. The van der Waals surface area contributed by atoms with E-state index in [1.54, 1.807) is 6.20 Å². The van der Waals surface area contributed by atoms with Crippen molar-refractivity contribution >= 4 is 41.8 Å². The maximum Gasteiger partial charge on any atom is 0.271 e. The van der Waals surface area contributed by atoms with Gasteiger partial charge in [-0.25, -0.2) is 4.98 Å². The number of piperidine rings is 1. The van der Waals surface area contributed by atoms with Gasteiger partial charge in [-0.15, -0.1) is 24.8 Å². The van der Waals surface area contributed by atoms with Gasteiger partial charge in [0.25, 0.3) is 5.91 Å². The lowest BCUT2D eigenvalue weighted by Gasteiger charge is -2.34. The second kappa shape index (κ2) is 8.43. The van der Waals surface area contributed by atoms with Crippen LogP contribution >= 0.6 is 24.8 Å². The first-order valence-corrected chi connectivity index (χ1v) is 7.37. The smallest absolute Gasteiger partial charge is 0.271 e. The Labute approximate surface area is 148 Å². The highest BCUT2D eigenvalue weighted by atomic mass is 35.5. The van der Waals surface area contributed by atoms with Crippen molar-refractivity contribution < 1.29 is 4.79 Å². The summed E-state index contributed by atoms with van der Waals surface area (Å²) in [5, 5.41) is 6.38. The van der Waals surface area contributed by atoms with Gasteiger partial charge in [0.15, 0.2) is 0 Å². The van der Waals surface area contributed by atoms with Crippen LogP contribution in [0.3, 0.4) is 0 Å². The van der Waals surface area contributed by atoms with Crippen molar-refractivity contribution in [3.8, 4) is 0 Å². The number of rotatable bonds is 3. The number of carbonyl (C=O) groups excluding carboxylic acids is 1. The zero-order valence-corrected chi connectivity index (χ0v) is 14.7. The molecule has 0 aliphatic carbocycles. The van der Waals surface area contributed by atoms with E-state index in [4.69, 9.17) is 0 Å². The number of aromatic nitrogens is 2. The van der Waals surface area contributed by atoms with E-state index in [1.807, 2.05) is 24.3 Å². The van der Waals surface area contributed by atoms with Gasteiger partial charge < -0.3 is 10.6 Å². The van der Waals surface area contributed by atoms with E-state index in [2.05, 4.69) is 27.5 Å². The number of hydrogen-bond donors (Lipinski definition) is 2. The molecule has 2 aromatic rings. The van der Waals surface area contributed by atoms with Gasteiger partial charge >= 0.3 is 0 Å². The molecule has 23 heavy (non-hydrogen) atoms. The zero-order valence-electron chi connectivity index (χ0n) is 13.0. The van der Waals surface area contributed by atoms with Crippen LogP contribution in [0.15, 0.2) is 30.5 Å². The van der Waals surface area contributed by atoms with E-state index >= 15 is 0 Å². The molecule has 1 fully saturated rings. The summed E-state index contributed by atoms with van der Waals surface area (Å²) in [6.07, 6.45) is 3.82. The molecule has 1 atom stereocenters. The molecule has 126 valence electrons. The molecular weight excluding hydrogens is 335 g/mol. The molecule has 3 rings (SSSR count). The average molecular weight is 357 g/mol. The van der Waals surface area contributed by atoms with Crippen molar-refractivity contribution in [1.82, 2.24) is 20.6 Å². The maximum atomic E-state index is 12.2. The molecule has 0 saturated carbocycles. The Bertz CT molecular complexity index is 659. The van der Waals surface area contributed by atoms with Crippen molar-refractivity contribution in [2.75, 3.05) is 19.6 Å². The van der Waals surface area contributed by atoms with E-state index in [0.717, 1.165) is 37.0 Å². The standard InChI is InChI=1S/C16H20N4O.2ClH/c1-16(7-4-8-17-10-16)11-19-15(21)14-9-18-12-5-2-3-6-13(12)20-14;;/h2-3,5-6,9,17H,4,7-8,10-11H2,1H3,(H,19,21);2*1H. The predicted molar refractivity (Wildman–Crippen MR) is 96.6 cm³/mol. The van der Waals surface area contributed by atoms with Crippen LogP contribution in [0.25, 0.3) is 11.0 Å². The molecule has 2 N–H and O–H groups in total. The Morgan fingerprint density at radius 2 is 2.04 bits per heavy atom. The summed E-state index contributed by atoms with van der Waals surface area (Å²) in [5.74, 6) is -0.153. The fourth-order valence-electron chi connectivity index (χ4n) is 2.72. The normalized spacial score (nSPS) is 20.2. The predicted octanol–water partition coefficient (Wildman–Crippen LogP) is 2.59. The number of para-hydroxylation sites is 2. The molecule has 1 aliphatic rings. The van der Waals surface area contributed by atoms with Gasteiger partial charge in [-0.2, -0.15) is 0 Å². The highest BCUT2D eigenvalue weighted by Gasteiger charge is 2.27. The first-order chi connectivity index (χ1) is 10.2. The van der Waals surface area contributed by atoms with Crippen molar-refractivity contribution in [2.24, 2.45) is 5.41 Å². The van der Waals surface area contributed by atoms with Crippen LogP contribution in [0.2, 0.25) is 0 Å². The summed E-state index contributed by atoms with van der Waals surface area (Å²) in [6, 6.07) is 7.56. The van der Waals surface area contributed by atoms with E-state index < -0.39 is 0 Å². The quantitative estimate of drug-likeness (QED) is 0.886. The van der Waals surface area contributed by atoms with Crippen molar-refractivity contribution in [1.29, 1.82) is 0 Å². The fraction of sp³-hybridized carbons (Fsp3) is 0.438. The summed E-state index contributed by atoms with van der Waals surface area (Å²) >= 11 is 0. The largest absolute Gasteiger partial charge is 0.350 e. The van der Waals surface area contributed by atoms with Crippen LogP contribution in [-0.4, -0.2) is 35.5 Å². The third-order valence-electron chi connectivity index (χ3n) is 4.04. The Balaban J connectivity index is 0.00000132. The number of hydrogen-bond acceptors (Lipinski definition) is 4. The van der Waals surface area contributed by atoms with E-state index in [9.17, 15) is 4.79 Å². The molecule has 1 aromatic carbocycles. The van der Waals surface area contributed by atoms with Gasteiger partial charge in [-0.05, 0) is 36.9 Å². The minimum absolute atomic E-state index is 0. The molecule has 7 heteroatoms. The van der Waals surface area contributed by atoms with Gasteiger partial charge in [-0.1, -0.05) is 19.1 Å². The molecule has 1 amide bonds. The first-order valence-electron chi connectivity index (χ1n) is 7.37. The molecular formula is C16H22Cl2N4O. The van der Waals surface area contributed by atoms with Crippen molar-refractivity contribution in [3.05, 3.63) is 36.2 Å². The lowest BCUT2D eigenvalue weighted by atomic mass is 9.83. The van der Waals surface area contributed by atoms with Crippen LogP contribution in [0.4, 0.5) is 0 Å². The summed E-state index contributed by atoms with van der Waals surface area (Å²) in [5.41, 5.74) is 2.05. The molecule has 2 heterocycles. The van der Waals surface area contributed by atoms with Gasteiger partial charge in [0.2, 0.25) is 0 Å². The summed E-state index contributed by atoms with van der Waals surface area (Å²) in [7, 11) is 0. The highest BCUT2D eigenvalue weighted by Crippen LogP contribution is 2.24. The fourth-order valence-corrected chi connectivity index (χ4v) is 2.72. The second-order valence-corrected chi connectivity index (χ2v) is 6.02. The second-order valence-electron chi connectivity index (χ2n) is 6.02. The Kier molecular flexibility index (Phi) is 7.19. The minimum atomic E-state index is -0.153. The molecule has 0 radical (unpaired) electrons. The van der Waals surface area contributed by atoms with E-state index in [-0.39, 0.29) is 36.1 Å². The maximum absolute atomic E-state index is 12.2. The minimum Gasteiger partial charge on any atom is -0.350 e. The summed E-state index contributed by atoms with van der Waals surface area (Å²) in [6.45, 7) is 4.87. The monoisotopic (exact) mass is 356 g/mol. The van der Waals surface area contributed by atoms with Gasteiger partial charge in [-0.3, -0.25) is 9.78 Å². The zero-order chi connectivity index (χ0) is 14.7. The molecule has 0 bridgehead atoms. The first kappa shape index (κ1) is 19.6. The van der Waals surface area contributed by atoms with Crippen LogP contribution in [0, 0.1) is 5.41 Å². The molecule has 1 saturated heterocycles. The van der Waals surface area contributed by atoms with Gasteiger partial charge in [0.1, 0.15) is 5.69 Å². The molecule has 1 aliphatic heterocycles. The molecule has 5 nitrogen and oxygen atoms in total. The van der Waals surface area contributed by atoms with Crippen LogP contribution < -0.4 is 10.6 Å².